The van der Waals surface area contributed by atoms with Gasteiger partial charge in [-0.15, -0.1) is 0 Å². The van der Waals surface area contributed by atoms with Gasteiger partial charge >= 0.3 is 0 Å². The molecule has 1 atom stereocenters. The maximum atomic E-state index is 13.6. The van der Waals surface area contributed by atoms with Crippen LogP contribution in [0, 0.1) is 5.92 Å². The Balaban J connectivity index is 1.88. The van der Waals surface area contributed by atoms with Crippen molar-refractivity contribution in [3.05, 3.63) is 94.5 Å². The fourth-order valence-electron chi connectivity index (χ4n) is 3.71. The Morgan fingerprint density at radius 3 is 2.22 bits per heavy atom. The third-order valence-electron chi connectivity index (χ3n) is 5.62. The van der Waals surface area contributed by atoms with Gasteiger partial charge < -0.3 is 19.7 Å². The highest BCUT2D eigenvalue weighted by Gasteiger charge is 2.30. The molecule has 0 aliphatic heterocycles. The van der Waals surface area contributed by atoms with Gasteiger partial charge in [0.25, 0.3) is 5.91 Å². The van der Waals surface area contributed by atoms with E-state index in [4.69, 9.17) is 9.47 Å². The van der Waals surface area contributed by atoms with Crippen molar-refractivity contribution < 1.29 is 19.1 Å². The topological polar surface area (TPSA) is 67.9 Å². The molecule has 0 fully saturated rings. The second-order valence-electron chi connectivity index (χ2n) is 8.96. The van der Waals surface area contributed by atoms with E-state index in [2.05, 4.69) is 21.2 Å². The highest BCUT2D eigenvalue weighted by Crippen LogP contribution is 2.20. The standard InChI is InChI=1S/C29H33BrN2O4/c1-21(2)18-31-29(34)27(17-22-8-5-4-6-9-22)32(19-23-10-7-11-24(30)16-23)28(33)20-36-26-14-12-25(35-3)13-15-26/h4-16,21,27H,17-20H2,1-3H3,(H,31,34). The largest absolute Gasteiger partial charge is 0.497 e. The minimum absolute atomic E-state index is 0.180. The van der Waals surface area contributed by atoms with Crippen LogP contribution in [0.4, 0.5) is 0 Å². The maximum Gasteiger partial charge on any atom is 0.261 e. The minimum Gasteiger partial charge on any atom is -0.497 e. The normalized spacial score (nSPS) is 11.6. The number of nitrogens with one attached hydrogen (secondary N) is 1. The number of ether oxygens (including phenoxy) is 2. The van der Waals surface area contributed by atoms with Crippen LogP contribution in [0.3, 0.4) is 0 Å². The summed E-state index contributed by atoms with van der Waals surface area (Å²) in [5.74, 6) is 1.09. The highest BCUT2D eigenvalue weighted by molar-refractivity contribution is 9.10. The zero-order chi connectivity index (χ0) is 25.9. The van der Waals surface area contributed by atoms with Crippen molar-refractivity contribution in [1.29, 1.82) is 0 Å². The first-order chi connectivity index (χ1) is 17.4. The van der Waals surface area contributed by atoms with Crippen molar-refractivity contribution in [3.63, 3.8) is 0 Å². The van der Waals surface area contributed by atoms with E-state index in [-0.39, 0.29) is 25.0 Å². The zero-order valence-electron chi connectivity index (χ0n) is 20.9. The molecule has 3 rings (SSSR count). The molecular formula is C29H33BrN2O4. The van der Waals surface area contributed by atoms with E-state index < -0.39 is 6.04 Å². The molecule has 1 N–H and O–H groups in total. The number of halogens is 1. The van der Waals surface area contributed by atoms with Crippen LogP contribution < -0.4 is 14.8 Å². The Labute approximate surface area is 221 Å². The molecule has 0 saturated heterocycles. The van der Waals surface area contributed by atoms with Gasteiger partial charge in [0.2, 0.25) is 5.91 Å². The Morgan fingerprint density at radius 1 is 0.917 bits per heavy atom. The highest BCUT2D eigenvalue weighted by atomic mass is 79.9. The number of nitrogens with zero attached hydrogens (tertiary/aromatic N) is 1. The third-order valence-corrected chi connectivity index (χ3v) is 6.11. The van der Waals surface area contributed by atoms with Crippen molar-refractivity contribution in [2.75, 3.05) is 20.3 Å². The van der Waals surface area contributed by atoms with Crippen molar-refractivity contribution in [3.8, 4) is 11.5 Å². The molecule has 0 aromatic heterocycles. The molecule has 190 valence electrons. The fraction of sp³-hybridized carbons (Fsp3) is 0.310. The molecule has 1 unspecified atom stereocenters. The summed E-state index contributed by atoms with van der Waals surface area (Å²) in [6.07, 6.45) is 0.396. The van der Waals surface area contributed by atoms with Gasteiger partial charge in [0.15, 0.2) is 6.61 Å². The lowest BCUT2D eigenvalue weighted by Gasteiger charge is -2.31. The second-order valence-corrected chi connectivity index (χ2v) is 9.88. The van der Waals surface area contributed by atoms with Gasteiger partial charge in [0.05, 0.1) is 7.11 Å². The van der Waals surface area contributed by atoms with Gasteiger partial charge in [-0.1, -0.05) is 72.2 Å². The van der Waals surface area contributed by atoms with Gasteiger partial charge in [0, 0.05) is 24.0 Å². The van der Waals surface area contributed by atoms with Gasteiger partial charge in [0.1, 0.15) is 17.5 Å². The van der Waals surface area contributed by atoms with E-state index in [1.165, 1.54) is 0 Å². The first kappa shape index (κ1) is 27.3. The van der Waals surface area contributed by atoms with Crippen LogP contribution in [-0.2, 0) is 22.6 Å². The van der Waals surface area contributed by atoms with Crippen molar-refractivity contribution in [2.45, 2.75) is 32.9 Å². The van der Waals surface area contributed by atoms with Crippen molar-refractivity contribution >= 4 is 27.7 Å². The molecule has 3 aromatic carbocycles. The molecule has 0 heterocycles. The number of amides is 2. The maximum absolute atomic E-state index is 13.6. The first-order valence-electron chi connectivity index (χ1n) is 12.0. The summed E-state index contributed by atoms with van der Waals surface area (Å²) >= 11 is 3.51. The molecule has 0 spiro atoms. The van der Waals surface area contributed by atoms with Crippen molar-refractivity contribution in [2.24, 2.45) is 5.92 Å². The summed E-state index contributed by atoms with van der Waals surface area (Å²) in [4.78, 5) is 28.6. The predicted octanol–water partition coefficient (Wildman–Crippen LogP) is 5.25. The molecule has 36 heavy (non-hydrogen) atoms. The lowest BCUT2D eigenvalue weighted by atomic mass is 10.0. The summed E-state index contributed by atoms with van der Waals surface area (Å²) < 4.78 is 11.9. The van der Waals surface area contributed by atoms with Gasteiger partial charge in [-0.2, -0.15) is 0 Å². The summed E-state index contributed by atoms with van der Waals surface area (Å²) in [5.41, 5.74) is 1.89. The number of hydrogen-bond donors (Lipinski definition) is 1. The lowest BCUT2D eigenvalue weighted by molar-refractivity contribution is -0.142. The average molecular weight is 553 g/mol. The number of benzene rings is 3. The Bertz CT molecular complexity index is 1120. The average Bonchev–Trinajstić information content (AvgIpc) is 2.88. The first-order valence-corrected chi connectivity index (χ1v) is 12.8. The van der Waals surface area contributed by atoms with E-state index >= 15 is 0 Å². The number of methoxy groups -OCH3 is 1. The van der Waals surface area contributed by atoms with E-state index in [0.717, 1.165) is 15.6 Å². The summed E-state index contributed by atoms with van der Waals surface area (Å²) in [6, 6.07) is 23.9. The summed E-state index contributed by atoms with van der Waals surface area (Å²) in [7, 11) is 1.59. The van der Waals surface area contributed by atoms with Gasteiger partial charge in [-0.05, 0) is 53.4 Å². The Kier molecular flexibility index (Phi) is 10.4. The van der Waals surface area contributed by atoms with Crippen LogP contribution >= 0.6 is 15.9 Å². The molecule has 0 saturated carbocycles. The Morgan fingerprint density at radius 2 is 1.58 bits per heavy atom. The molecule has 0 aliphatic rings. The molecule has 7 heteroatoms. The third kappa shape index (κ3) is 8.41. The van der Waals surface area contributed by atoms with E-state index in [1.54, 1.807) is 36.3 Å². The number of rotatable bonds is 12. The quantitative estimate of drug-likeness (QED) is 0.333. The van der Waals surface area contributed by atoms with E-state index in [1.807, 2.05) is 68.4 Å². The molecule has 0 aliphatic carbocycles. The summed E-state index contributed by atoms with van der Waals surface area (Å²) in [5, 5.41) is 3.02. The predicted molar refractivity (Wildman–Crippen MR) is 145 cm³/mol. The number of carbonyl (C=O) groups excluding carboxylic acids is 2. The van der Waals surface area contributed by atoms with E-state index in [0.29, 0.717) is 30.4 Å². The molecular weight excluding hydrogens is 520 g/mol. The summed E-state index contributed by atoms with van der Waals surface area (Å²) in [6.45, 7) is 4.70. The van der Waals surface area contributed by atoms with Crippen LogP contribution in [0.25, 0.3) is 0 Å². The molecule has 0 radical (unpaired) electrons. The molecule has 3 aromatic rings. The fourth-order valence-corrected chi connectivity index (χ4v) is 4.16. The lowest BCUT2D eigenvalue weighted by Crippen LogP contribution is -2.52. The van der Waals surface area contributed by atoms with Crippen LogP contribution in [0.1, 0.15) is 25.0 Å². The van der Waals surface area contributed by atoms with Crippen LogP contribution in [0.2, 0.25) is 0 Å². The van der Waals surface area contributed by atoms with Crippen LogP contribution in [0.5, 0.6) is 11.5 Å². The van der Waals surface area contributed by atoms with Gasteiger partial charge in [-0.25, -0.2) is 0 Å². The number of carbonyl (C=O) groups is 2. The number of hydrogen-bond acceptors (Lipinski definition) is 4. The van der Waals surface area contributed by atoms with Crippen LogP contribution in [-0.4, -0.2) is 43.0 Å². The Hall–Kier alpha value is -3.32. The minimum atomic E-state index is -0.697. The molecule has 6 nitrogen and oxygen atoms in total. The molecule has 0 bridgehead atoms. The zero-order valence-corrected chi connectivity index (χ0v) is 22.5. The SMILES string of the molecule is COc1ccc(OCC(=O)N(Cc2cccc(Br)c2)C(Cc2ccccc2)C(=O)NCC(C)C)cc1. The van der Waals surface area contributed by atoms with Gasteiger partial charge in [-0.3, -0.25) is 9.59 Å². The monoisotopic (exact) mass is 552 g/mol. The smallest absolute Gasteiger partial charge is 0.261 e. The second kappa shape index (κ2) is 13.7. The van der Waals surface area contributed by atoms with Crippen LogP contribution in [0.15, 0.2) is 83.3 Å². The molecule has 2 amide bonds. The van der Waals surface area contributed by atoms with E-state index in [9.17, 15) is 9.59 Å². The van der Waals surface area contributed by atoms with Crippen molar-refractivity contribution in [1.82, 2.24) is 10.2 Å².